The molecule has 2 aromatic heterocycles. The lowest BCUT2D eigenvalue weighted by Crippen LogP contribution is -2.50. The normalized spacial score (nSPS) is 20.8. The van der Waals surface area contributed by atoms with Gasteiger partial charge in [-0.15, -0.1) is 0 Å². The number of halogens is 1. The quantitative estimate of drug-likeness (QED) is 0.287. The van der Waals surface area contributed by atoms with E-state index in [4.69, 9.17) is 9.72 Å². The van der Waals surface area contributed by atoms with Gasteiger partial charge in [0, 0.05) is 73.3 Å². The SMILES string of the molecule is COC(/C=C(\C)Nc1ncc2c(n1)CN([C@@H]1CCN(C(=O)c3ccnc(NSC)c3)[C@H](C)C1)C2)=C(/C)F. The second-order valence-electron chi connectivity index (χ2n) is 9.39. The van der Waals surface area contributed by atoms with Crippen LogP contribution >= 0.6 is 11.9 Å². The number of aromatic nitrogens is 3. The maximum absolute atomic E-state index is 13.5. The Morgan fingerprint density at radius 3 is 2.81 bits per heavy atom. The van der Waals surface area contributed by atoms with E-state index in [0.29, 0.717) is 35.6 Å². The molecule has 2 aliphatic heterocycles. The second-order valence-corrected chi connectivity index (χ2v) is 10.00. The summed E-state index contributed by atoms with van der Waals surface area (Å²) in [5.74, 6) is 0.973. The highest BCUT2D eigenvalue weighted by molar-refractivity contribution is 7.99. The molecule has 198 valence electrons. The minimum absolute atomic E-state index is 0.0432. The fourth-order valence-corrected chi connectivity index (χ4v) is 5.20. The third kappa shape index (κ3) is 6.40. The first-order valence-electron chi connectivity index (χ1n) is 12.3. The van der Waals surface area contributed by atoms with Crippen LogP contribution in [0.4, 0.5) is 16.2 Å². The zero-order chi connectivity index (χ0) is 26.5. The first kappa shape index (κ1) is 26.9. The van der Waals surface area contributed by atoms with Crippen LogP contribution in [0.25, 0.3) is 0 Å². The molecule has 1 saturated heterocycles. The standard InChI is InChI=1S/C26H34FN7O2S/c1-16(10-23(36-4)18(3)27)30-26-29-13-20-14-33(15-22(20)31-26)21-7-9-34(17(2)11-21)25(35)19-6-8-28-24(12-19)32-37-5/h6,8,10,12-13,17,21H,7,9,11,14-15H2,1-5H3,(H,28,32)(H,29,30,31)/b16-10+,23-18-/t17-,21-/m1/s1. The number of anilines is 2. The summed E-state index contributed by atoms with van der Waals surface area (Å²) < 4.78 is 21.7. The number of amides is 1. The van der Waals surface area contributed by atoms with Gasteiger partial charge in [0.25, 0.3) is 5.91 Å². The van der Waals surface area contributed by atoms with E-state index in [9.17, 15) is 9.18 Å². The molecule has 2 aliphatic rings. The van der Waals surface area contributed by atoms with Crippen molar-refractivity contribution in [3.63, 3.8) is 0 Å². The van der Waals surface area contributed by atoms with Gasteiger partial charge in [0.05, 0.1) is 12.8 Å². The molecule has 0 aromatic carbocycles. The molecule has 9 nitrogen and oxygen atoms in total. The summed E-state index contributed by atoms with van der Waals surface area (Å²) in [4.78, 5) is 31.0. The number of nitrogens with zero attached hydrogens (tertiary/aromatic N) is 5. The average molecular weight is 528 g/mol. The summed E-state index contributed by atoms with van der Waals surface area (Å²) in [6.07, 6.45) is 8.83. The monoisotopic (exact) mass is 527 g/mol. The highest BCUT2D eigenvalue weighted by atomic mass is 32.2. The van der Waals surface area contributed by atoms with Gasteiger partial charge in [0.15, 0.2) is 5.76 Å². The molecule has 2 atom stereocenters. The largest absolute Gasteiger partial charge is 0.494 e. The molecule has 4 rings (SSSR count). The Morgan fingerprint density at radius 2 is 2.11 bits per heavy atom. The molecule has 0 bridgehead atoms. The van der Waals surface area contributed by atoms with E-state index >= 15 is 0 Å². The molecule has 4 heterocycles. The third-order valence-corrected chi connectivity index (χ3v) is 7.15. The molecule has 1 amide bonds. The zero-order valence-corrected chi connectivity index (χ0v) is 22.7. The van der Waals surface area contributed by atoms with Gasteiger partial charge in [-0.25, -0.2) is 19.3 Å². The Hall–Kier alpha value is -3.18. The van der Waals surface area contributed by atoms with Crippen molar-refractivity contribution in [2.45, 2.75) is 58.8 Å². The number of hydrogen-bond acceptors (Lipinski definition) is 9. The van der Waals surface area contributed by atoms with Crippen LogP contribution in [0.2, 0.25) is 0 Å². The average Bonchev–Trinajstić information content (AvgIpc) is 3.30. The highest BCUT2D eigenvalue weighted by Gasteiger charge is 2.35. The van der Waals surface area contributed by atoms with Crippen LogP contribution in [-0.4, -0.2) is 62.7 Å². The molecule has 0 radical (unpaired) electrons. The number of rotatable bonds is 8. The number of piperidine rings is 1. The van der Waals surface area contributed by atoms with Gasteiger partial charge >= 0.3 is 0 Å². The molecule has 0 spiro atoms. The summed E-state index contributed by atoms with van der Waals surface area (Å²) in [6, 6.07) is 4.06. The number of hydrogen-bond donors (Lipinski definition) is 2. The molecule has 11 heteroatoms. The fraction of sp³-hybridized carbons (Fsp3) is 0.462. The molecule has 37 heavy (non-hydrogen) atoms. The van der Waals surface area contributed by atoms with E-state index in [1.54, 1.807) is 24.4 Å². The molecule has 0 unspecified atom stereocenters. The number of likely N-dealkylation sites (tertiary alicyclic amines) is 1. The zero-order valence-electron chi connectivity index (χ0n) is 21.9. The van der Waals surface area contributed by atoms with Gasteiger partial charge in [0.2, 0.25) is 5.95 Å². The molecule has 0 aliphatic carbocycles. The van der Waals surface area contributed by atoms with Crippen molar-refractivity contribution in [3.8, 4) is 0 Å². The summed E-state index contributed by atoms with van der Waals surface area (Å²) in [7, 11) is 1.43. The first-order chi connectivity index (χ1) is 17.8. The van der Waals surface area contributed by atoms with Crippen molar-refractivity contribution < 1.29 is 13.9 Å². The topological polar surface area (TPSA) is 95.5 Å². The third-order valence-electron chi connectivity index (χ3n) is 6.74. The van der Waals surface area contributed by atoms with Crippen molar-refractivity contribution in [1.82, 2.24) is 24.8 Å². The van der Waals surface area contributed by atoms with Crippen molar-refractivity contribution in [2.75, 3.05) is 29.9 Å². The molecule has 1 fully saturated rings. The number of ether oxygens (including phenoxy) is 1. The van der Waals surface area contributed by atoms with Crippen LogP contribution in [-0.2, 0) is 17.8 Å². The molecular weight excluding hydrogens is 493 g/mol. The first-order valence-corrected chi connectivity index (χ1v) is 13.5. The molecular formula is C26H34FN7O2S. The number of allylic oxidation sites excluding steroid dienone is 3. The van der Waals surface area contributed by atoms with Gasteiger partial charge in [-0.1, -0.05) is 11.9 Å². The fourth-order valence-electron chi connectivity index (χ4n) is 4.88. The summed E-state index contributed by atoms with van der Waals surface area (Å²) >= 11 is 1.45. The van der Waals surface area contributed by atoms with E-state index in [1.165, 1.54) is 26.0 Å². The van der Waals surface area contributed by atoms with Crippen LogP contribution in [0.5, 0.6) is 0 Å². The van der Waals surface area contributed by atoms with Crippen molar-refractivity contribution in [2.24, 2.45) is 0 Å². The summed E-state index contributed by atoms with van der Waals surface area (Å²) in [5, 5.41) is 3.12. The van der Waals surface area contributed by atoms with E-state index in [0.717, 1.165) is 37.2 Å². The Morgan fingerprint density at radius 1 is 1.30 bits per heavy atom. The molecule has 0 saturated carbocycles. The summed E-state index contributed by atoms with van der Waals surface area (Å²) in [6.45, 7) is 7.52. The van der Waals surface area contributed by atoms with E-state index in [1.807, 2.05) is 24.3 Å². The van der Waals surface area contributed by atoms with Crippen molar-refractivity contribution in [3.05, 3.63) is 64.7 Å². The molecule has 2 aromatic rings. The van der Waals surface area contributed by atoms with Crippen molar-refractivity contribution >= 4 is 29.6 Å². The minimum Gasteiger partial charge on any atom is -0.494 e. The lowest BCUT2D eigenvalue weighted by atomic mass is 9.96. The minimum atomic E-state index is -0.394. The van der Waals surface area contributed by atoms with Crippen LogP contribution in [0.3, 0.4) is 0 Å². The number of pyridine rings is 1. The van der Waals surface area contributed by atoms with Gasteiger partial charge < -0.3 is 19.7 Å². The predicted molar refractivity (Wildman–Crippen MR) is 144 cm³/mol. The number of methoxy groups -OCH3 is 1. The van der Waals surface area contributed by atoms with Gasteiger partial charge in [-0.3, -0.25) is 9.69 Å². The Kier molecular flexibility index (Phi) is 8.65. The summed E-state index contributed by atoms with van der Waals surface area (Å²) in [5.41, 5.74) is 3.44. The van der Waals surface area contributed by atoms with Crippen LogP contribution in [0.15, 0.2) is 47.9 Å². The predicted octanol–water partition coefficient (Wildman–Crippen LogP) is 4.73. The maximum atomic E-state index is 13.5. The molecule has 2 N–H and O–H groups in total. The van der Waals surface area contributed by atoms with Gasteiger partial charge in [0.1, 0.15) is 11.6 Å². The van der Waals surface area contributed by atoms with Gasteiger partial charge in [-0.05, 0) is 45.7 Å². The number of fused-ring (bicyclic) bond motifs is 1. The van der Waals surface area contributed by atoms with Crippen molar-refractivity contribution in [1.29, 1.82) is 0 Å². The lowest BCUT2D eigenvalue weighted by molar-refractivity contribution is 0.0460. The Bertz CT molecular complexity index is 1200. The maximum Gasteiger partial charge on any atom is 0.254 e. The highest BCUT2D eigenvalue weighted by Crippen LogP contribution is 2.30. The van der Waals surface area contributed by atoms with E-state index < -0.39 is 5.83 Å². The number of carbonyl (C=O) groups excluding carboxylic acids is 1. The van der Waals surface area contributed by atoms with Crippen LogP contribution in [0, 0.1) is 0 Å². The smallest absolute Gasteiger partial charge is 0.254 e. The lowest BCUT2D eigenvalue weighted by Gasteiger charge is -2.41. The van der Waals surface area contributed by atoms with Crippen LogP contribution < -0.4 is 10.0 Å². The second kappa shape index (κ2) is 11.9. The van der Waals surface area contributed by atoms with Gasteiger partial charge in [-0.2, -0.15) is 0 Å². The number of nitrogens with one attached hydrogen (secondary N) is 2. The van der Waals surface area contributed by atoms with Crippen LogP contribution in [0.1, 0.15) is 55.2 Å². The Labute approximate surface area is 221 Å². The number of carbonyl (C=O) groups is 1. The van der Waals surface area contributed by atoms with E-state index in [2.05, 4.69) is 31.8 Å². The Balaban J connectivity index is 1.37. The van der Waals surface area contributed by atoms with E-state index in [-0.39, 0.29) is 17.7 Å².